The van der Waals surface area contributed by atoms with E-state index in [1.165, 1.54) is 0 Å². The number of nitrogens with one attached hydrogen (secondary N) is 1. The van der Waals surface area contributed by atoms with Crippen molar-refractivity contribution in [2.45, 2.75) is 40.2 Å². The zero-order chi connectivity index (χ0) is 13.8. The number of hydrogen-bond donors (Lipinski definition) is 1. The predicted molar refractivity (Wildman–Crippen MR) is 69.1 cm³/mol. The molecular weight excluding hydrogens is 232 g/mol. The second-order valence-corrected chi connectivity index (χ2v) is 5.80. The molecule has 1 amide bonds. The molecule has 1 unspecified atom stereocenters. The molecule has 0 aromatic heterocycles. The fraction of sp³-hybridized carbons (Fsp3) is 0.846. The molecule has 0 aromatic rings. The lowest BCUT2D eigenvalue weighted by Gasteiger charge is -2.36. The van der Waals surface area contributed by atoms with Gasteiger partial charge in [0.25, 0.3) is 0 Å². The van der Waals surface area contributed by atoms with Crippen LogP contribution in [0.4, 0.5) is 0 Å². The molecule has 1 rings (SSSR count). The van der Waals surface area contributed by atoms with Crippen molar-refractivity contribution >= 4 is 11.9 Å². The van der Waals surface area contributed by atoms with Crippen LogP contribution in [-0.4, -0.2) is 49.1 Å². The first-order chi connectivity index (χ1) is 8.35. The Balaban J connectivity index is 2.70. The third-order valence-electron chi connectivity index (χ3n) is 2.80. The van der Waals surface area contributed by atoms with Crippen molar-refractivity contribution in [3.63, 3.8) is 0 Å². The van der Waals surface area contributed by atoms with Gasteiger partial charge >= 0.3 is 5.97 Å². The third-order valence-corrected chi connectivity index (χ3v) is 2.80. The Labute approximate surface area is 109 Å². The normalized spacial score (nSPS) is 20.7. The summed E-state index contributed by atoms with van der Waals surface area (Å²) in [6.45, 7) is 9.95. The topological polar surface area (TPSA) is 58.6 Å². The van der Waals surface area contributed by atoms with Gasteiger partial charge in [-0.2, -0.15) is 0 Å². The molecule has 0 radical (unpaired) electrons. The monoisotopic (exact) mass is 256 g/mol. The number of carbonyl (C=O) groups excluding carboxylic acids is 2. The van der Waals surface area contributed by atoms with Crippen LogP contribution in [0.1, 0.15) is 34.1 Å². The fourth-order valence-corrected chi connectivity index (χ4v) is 2.01. The minimum atomic E-state index is -0.478. The number of carbonyl (C=O) groups is 2. The summed E-state index contributed by atoms with van der Waals surface area (Å²) >= 11 is 0. The van der Waals surface area contributed by atoms with Crippen molar-refractivity contribution in [1.82, 2.24) is 10.2 Å². The number of ether oxygens (including phenoxy) is 1. The molecule has 0 aliphatic carbocycles. The molecule has 1 aliphatic rings. The summed E-state index contributed by atoms with van der Waals surface area (Å²) in [7, 11) is 0. The maximum Gasteiger partial charge on any atom is 0.330 e. The van der Waals surface area contributed by atoms with Crippen molar-refractivity contribution in [1.29, 1.82) is 0 Å². The van der Waals surface area contributed by atoms with E-state index in [1.54, 1.807) is 11.8 Å². The highest BCUT2D eigenvalue weighted by molar-refractivity contribution is 5.85. The molecule has 5 heteroatoms. The van der Waals surface area contributed by atoms with Crippen molar-refractivity contribution < 1.29 is 14.3 Å². The summed E-state index contributed by atoms with van der Waals surface area (Å²) in [4.78, 5) is 25.7. The molecule has 18 heavy (non-hydrogen) atoms. The summed E-state index contributed by atoms with van der Waals surface area (Å²) in [5.41, 5.74) is -0.0683. The van der Waals surface area contributed by atoms with E-state index in [9.17, 15) is 9.59 Å². The Morgan fingerprint density at radius 3 is 2.61 bits per heavy atom. The molecule has 1 heterocycles. The molecular formula is C13H24N2O3. The molecule has 5 nitrogen and oxygen atoms in total. The molecule has 1 saturated heterocycles. The summed E-state index contributed by atoms with van der Waals surface area (Å²) in [5, 5.41) is 3.13. The second kappa shape index (κ2) is 6.18. The van der Waals surface area contributed by atoms with E-state index < -0.39 is 6.04 Å². The largest absolute Gasteiger partial charge is 0.464 e. The number of esters is 1. The molecule has 1 N–H and O–H groups in total. The van der Waals surface area contributed by atoms with E-state index in [0.717, 1.165) is 6.54 Å². The number of nitrogens with zero attached hydrogens (tertiary/aromatic N) is 1. The van der Waals surface area contributed by atoms with Crippen LogP contribution in [0.25, 0.3) is 0 Å². The van der Waals surface area contributed by atoms with Crippen LogP contribution >= 0.6 is 0 Å². The van der Waals surface area contributed by atoms with E-state index in [0.29, 0.717) is 26.1 Å². The highest BCUT2D eigenvalue weighted by Gasteiger charge is 2.34. The fourth-order valence-electron chi connectivity index (χ4n) is 2.01. The van der Waals surface area contributed by atoms with Crippen LogP contribution in [0.5, 0.6) is 0 Å². The van der Waals surface area contributed by atoms with Crippen LogP contribution in [-0.2, 0) is 14.3 Å². The summed E-state index contributed by atoms with van der Waals surface area (Å²) < 4.78 is 5.02. The third kappa shape index (κ3) is 4.29. The lowest BCUT2D eigenvalue weighted by atomic mass is 9.91. The van der Waals surface area contributed by atoms with Crippen LogP contribution in [0, 0.1) is 5.41 Å². The Morgan fingerprint density at radius 1 is 1.39 bits per heavy atom. The molecule has 1 fully saturated rings. The van der Waals surface area contributed by atoms with E-state index in [4.69, 9.17) is 4.74 Å². The van der Waals surface area contributed by atoms with Crippen LogP contribution in [0.2, 0.25) is 0 Å². The van der Waals surface area contributed by atoms with Crippen LogP contribution in [0.15, 0.2) is 0 Å². The van der Waals surface area contributed by atoms with E-state index in [1.807, 2.05) is 20.8 Å². The maximum absolute atomic E-state index is 12.2. The van der Waals surface area contributed by atoms with Gasteiger partial charge in [-0.25, -0.2) is 4.79 Å². The van der Waals surface area contributed by atoms with Gasteiger partial charge in [0.2, 0.25) is 5.91 Å². The van der Waals surface area contributed by atoms with E-state index in [-0.39, 0.29) is 17.3 Å². The van der Waals surface area contributed by atoms with Gasteiger partial charge in [-0.3, -0.25) is 4.79 Å². The number of piperazine rings is 1. The highest BCUT2D eigenvalue weighted by atomic mass is 16.5. The van der Waals surface area contributed by atoms with Gasteiger partial charge in [0.05, 0.1) is 6.61 Å². The van der Waals surface area contributed by atoms with Crippen molar-refractivity contribution in [3.05, 3.63) is 0 Å². The van der Waals surface area contributed by atoms with Gasteiger partial charge in [0.1, 0.15) is 6.04 Å². The van der Waals surface area contributed by atoms with Gasteiger partial charge in [0, 0.05) is 26.1 Å². The first-order valence-corrected chi connectivity index (χ1v) is 6.52. The quantitative estimate of drug-likeness (QED) is 0.758. The van der Waals surface area contributed by atoms with Crippen LogP contribution < -0.4 is 5.32 Å². The summed E-state index contributed by atoms with van der Waals surface area (Å²) in [6, 6.07) is -0.478. The number of rotatable bonds is 3. The van der Waals surface area contributed by atoms with Gasteiger partial charge in [-0.1, -0.05) is 20.8 Å². The first-order valence-electron chi connectivity index (χ1n) is 6.52. The zero-order valence-corrected chi connectivity index (χ0v) is 11.8. The van der Waals surface area contributed by atoms with Crippen LogP contribution in [0.3, 0.4) is 0 Å². The molecule has 0 bridgehead atoms. The van der Waals surface area contributed by atoms with Crippen molar-refractivity contribution in [2.24, 2.45) is 5.41 Å². The first kappa shape index (κ1) is 15.0. The zero-order valence-electron chi connectivity index (χ0n) is 11.8. The maximum atomic E-state index is 12.2. The Hall–Kier alpha value is -1.10. The highest BCUT2D eigenvalue weighted by Crippen LogP contribution is 2.21. The molecule has 0 saturated carbocycles. The van der Waals surface area contributed by atoms with Crippen molar-refractivity contribution in [3.8, 4) is 0 Å². The lowest BCUT2D eigenvalue weighted by molar-refractivity contribution is -0.156. The van der Waals surface area contributed by atoms with Gasteiger partial charge in [0.15, 0.2) is 0 Å². The molecule has 1 atom stereocenters. The van der Waals surface area contributed by atoms with Gasteiger partial charge in [-0.05, 0) is 12.3 Å². The Bertz CT molecular complexity index is 310. The van der Waals surface area contributed by atoms with Crippen molar-refractivity contribution in [2.75, 3.05) is 26.2 Å². The summed E-state index contributed by atoms with van der Waals surface area (Å²) in [5.74, 6) is -0.283. The number of hydrogen-bond acceptors (Lipinski definition) is 4. The minimum Gasteiger partial charge on any atom is -0.464 e. The van der Waals surface area contributed by atoms with E-state index >= 15 is 0 Å². The lowest BCUT2D eigenvalue weighted by Crippen LogP contribution is -2.57. The van der Waals surface area contributed by atoms with E-state index in [2.05, 4.69) is 5.32 Å². The second-order valence-electron chi connectivity index (χ2n) is 5.80. The standard InChI is InChI=1S/C13H24N2O3/c1-5-18-12(17)10-9-14-6-7-15(10)11(16)8-13(2,3)4/h10,14H,5-9H2,1-4H3. The minimum absolute atomic E-state index is 0.0297. The molecule has 0 spiro atoms. The van der Waals surface area contributed by atoms with Gasteiger partial charge < -0.3 is 15.0 Å². The Kier molecular flexibility index (Phi) is 5.14. The summed E-state index contributed by atoms with van der Waals surface area (Å²) in [6.07, 6.45) is 0.447. The number of amides is 1. The SMILES string of the molecule is CCOC(=O)C1CNCCN1C(=O)CC(C)(C)C. The molecule has 1 aliphatic heterocycles. The predicted octanol–water partition coefficient (Wildman–Crippen LogP) is 0.786. The average molecular weight is 256 g/mol. The Morgan fingerprint density at radius 2 is 2.06 bits per heavy atom. The molecule has 0 aromatic carbocycles. The van der Waals surface area contributed by atoms with Gasteiger partial charge in [-0.15, -0.1) is 0 Å². The average Bonchev–Trinajstić information content (AvgIpc) is 2.27. The molecule has 104 valence electrons. The smallest absolute Gasteiger partial charge is 0.330 e.